The Bertz CT molecular complexity index is 1520. The van der Waals surface area contributed by atoms with Crippen molar-refractivity contribution in [1.29, 1.82) is 0 Å². The Kier molecular flexibility index (Phi) is 6.49. The second-order valence-electron chi connectivity index (χ2n) is 11.0. The Morgan fingerprint density at radius 3 is 2.41 bits per heavy atom. The van der Waals surface area contributed by atoms with E-state index in [2.05, 4.69) is 63.8 Å². The minimum Gasteiger partial charge on any atom is -0.458 e. The van der Waals surface area contributed by atoms with Crippen LogP contribution in [0.5, 0.6) is 0 Å². The van der Waals surface area contributed by atoms with Crippen LogP contribution in [0.4, 0.5) is 4.39 Å². The average molecular weight is 497 g/mol. The van der Waals surface area contributed by atoms with Crippen molar-refractivity contribution in [1.82, 2.24) is 4.90 Å². The Morgan fingerprint density at radius 2 is 1.73 bits per heavy atom. The van der Waals surface area contributed by atoms with Crippen molar-refractivity contribution in [3.05, 3.63) is 117 Å². The highest BCUT2D eigenvalue weighted by molar-refractivity contribution is 6.00. The van der Waals surface area contributed by atoms with Gasteiger partial charge in [-0.2, -0.15) is 0 Å². The molecule has 1 aliphatic heterocycles. The van der Waals surface area contributed by atoms with Gasteiger partial charge in [-0.25, -0.2) is 4.39 Å². The number of fused-ring (bicyclic) bond motifs is 1. The highest BCUT2D eigenvalue weighted by atomic mass is 19.1. The molecular formula is C32H33FN2O2. The molecule has 5 rings (SSSR count). The fourth-order valence-corrected chi connectivity index (χ4v) is 5.27. The minimum absolute atomic E-state index is 0.0910. The molecule has 1 unspecified atom stereocenters. The van der Waals surface area contributed by atoms with Crippen molar-refractivity contribution in [3.63, 3.8) is 0 Å². The molecule has 5 heteroatoms. The van der Waals surface area contributed by atoms with Gasteiger partial charge in [-0.1, -0.05) is 74.0 Å². The van der Waals surface area contributed by atoms with Crippen molar-refractivity contribution in [2.75, 3.05) is 6.54 Å². The molecule has 4 aromatic rings. The summed E-state index contributed by atoms with van der Waals surface area (Å²) >= 11 is 0. The zero-order valence-electron chi connectivity index (χ0n) is 22.1. The number of hydrogen-bond acceptors (Lipinski definition) is 4. The molecule has 3 aromatic carbocycles. The summed E-state index contributed by atoms with van der Waals surface area (Å²) in [5.41, 5.74) is 3.69. The van der Waals surface area contributed by atoms with Gasteiger partial charge in [0.15, 0.2) is 5.43 Å². The summed E-state index contributed by atoms with van der Waals surface area (Å²) in [5.74, 6) is 1.13. The zero-order chi connectivity index (χ0) is 26.3. The van der Waals surface area contributed by atoms with Crippen LogP contribution in [0.1, 0.15) is 61.8 Å². The van der Waals surface area contributed by atoms with Crippen LogP contribution in [0.2, 0.25) is 0 Å². The van der Waals surface area contributed by atoms with Crippen molar-refractivity contribution < 1.29 is 8.81 Å². The highest BCUT2D eigenvalue weighted by Gasteiger charge is 2.40. The van der Waals surface area contributed by atoms with Crippen LogP contribution >= 0.6 is 0 Å². The molecule has 1 atom stereocenters. The Morgan fingerprint density at radius 1 is 1.03 bits per heavy atom. The first-order chi connectivity index (χ1) is 17.6. The molecule has 0 aliphatic carbocycles. The largest absolute Gasteiger partial charge is 0.458 e. The number of aliphatic imine (C=N–C) groups is 1. The first-order valence-corrected chi connectivity index (χ1v) is 12.9. The lowest BCUT2D eigenvalue weighted by molar-refractivity contribution is 0.210. The first-order valence-electron chi connectivity index (χ1n) is 12.9. The Hall–Kier alpha value is -3.73. The van der Waals surface area contributed by atoms with E-state index in [1.165, 1.54) is 23.8 Å². The van der Waals surface area contributed by atoms with E-state index in [0.29, 0.717) is 29.7 Å². The molecule has 37 heavy (non-hydrogen) atoms. The number of nitrogens with zero attached hydrogens (tertiary/aromatic N) is 2. The monoisotopic (exact) mass is 496 g/mol. The van der Waals surface area contributed by atoms with Gasteiger partial charge < -0.3 is 9.32 Å². The van der Waals surface area contributed by atoms with E-state index in [1.54, 1.807) is 0 Å². The molecule has 1 aliphatic rings. The minimum atomic E-state index is -0.428. The van der Waals surface area contributed by atoms with Gasteiger partial charge in [0.1, 0.15) is 23.0 Å². The van der Waals surface area contributed by atoms with Crippen LogP contribution in [0.3, 0.4) is 0 Å². The Balaban J connectivity index is 1.72. The second kappa shape index (κ2) is 9.62. The van der Waals surface area contributed by atoms with Crippen LogP contribution in [-0.4, -0.2) is 22.8 Å². The number of halogens is 1. The fraction of sp³-hybridized carbons (Fsp3) is 0.312. The van der Waals surface area contributed by atoms with E-state index >= 15 is 0 Å². The quantitative estimate of drug-likeness (QED) is 0.287. The lowest BCUT2D eigenvalue weighted by Gasteiger charge is -2.35. The molecule has 0 radical (unpaired) electrons. The van der Waals surface area contributed by atoms with Crippen molar-refractivity contribution in [2.24, 2.45) is 10.9 Å². The molecule has 2 heterocycles. The zero-order valence-corrected chi connectivity index (χ0v) is 22.1. The summed E-state index contributed by atoms with van der Waals surface area (Å²) in [5, 5.41) is 0.396. The van der Waals surface area contributed by atoms with Crippen LogP contribution in [0.15, 0.2) is 87.0 Å². The third kappa shape index (κ3) is 4.95. The van der Waals surface area contributed by atoms with Gasteiger partial charge in [0.05, 0.1) is 17.0 Å². The molecule has 0 amide bonds. The number of rotatable bonds is 6. The van der Waals surface area contributed by atoms with Crippen LogP contribution < -0.4 is 5.43 Å². The van der Waals surface area contributed by atoms with E-state index in [4.69, 9.17) is 9.41 Å². The maximum atomic E-state index is 14.2. The van der Waals surface area contributed by atoms with Gasteiger partial charge in [-0.3, -0.25) is 9.79 Å². The van der Waals surface area contributed by atoms with Gasteiger partial charge in [0.25, 0.3) is 0 Å². The van der Waals surface area contributed by atoms with Crippen molar-refractivity contribution >= 4 is 16.8 Å². The number of benzene rings is 3. The van der Waals surface area contributed by atoms with E-state index in [-0.39, 0.29) is 28.5 Å². The Labute approximate surface area is 217 Å². The summed E-state index contributed by atoms with van der Waals surface area (Å²) in [6.45, 7) is 11.2. The second-order valence-corrected chi connectivity index (χ2v) is 11.0. The van der Waals surface area contributed by atoms with Gasteiger partial charge >= 0.3 is 0 Å². The number of aryl methyl sites for hydroxylation is 1. The molecule has 1 aromatic heterocycles. The summed E-state index contributed by atoms with van der Waals surface area (Å²) in [4.78, 5) is 21.3. The number of amidine groups is 1. The summed E-state index contributed by atoms with van der Waals surface area (Å²) in [7, 11) is 0. The maximum absolute atomic E-state index is 14.2. The fourth-order valence-electron chi connectivity index (χ4n) is 5.27. The molecule has 0 saturated heterocycles. The lowest BCUT2D eigenvalue weighted by Crippen LogP contribution is -2.39. The molecule has 0 N–H and O–H groups in total. The SMILES string of the molecule is Cc1ccc(C2=NC(C)(C)CN2C(c2oc3cc(F)ccc3c(=O)c2Cc2ccccc2)C(C)C)cc1. The molecule has 4 nitrogen and oxygen atoms in total. The van der Waals surface area contributed by atoms with Crippen molar-refractivity contribution in [2.45, 2.75) is 52.6 Å². The van der Waals surface area contributed by atoms with Crippen molar-refractivity contribution in [3.8, 4) is 0 Å². The standard InChI is InChI=1S/C32H33FN2O2/c1-20(2)28(35-19-32(4,5)34-31(35)23-13-11-21(3)12-14-23)30-26(17-22-9-7-6-8-10-22)29(36)25-16-15-24(33)18-27(25)37-30/h6-16,18,20,28H,17,19H2,1-5H3. The van der Waals surface area contributed by atoms with Gasteiger partial charge in [0.2, 0.25) is 0 Å². The summed E-state index contributed by atoms with van der Waals surface area (Å²) < 4.78 is 20.7. The van der Waals surface area contributed by atoms with E-state index in [9.17, 15) is 9.18 Å². The maximum Gasteiger partial charge on any atom is 0.196 e. The highest BCUT2D eigenvalue weighted by Crippen LogP contribution is 2.38. The van der Waals surface area contributed by atoms with Crippen LogP contribution in [0, 0.1) is 18.7 Å². The van der Waals surface area contributed by atoms with Crippen LogP contribution in [-0.2, 0) is 6.42 Å². The molecule has 0 bridgehead atoms. The molecular weight excluding hydrogens is 463 g/mol. The molecule has 0 saturated carbocycles. The molecule has 190 valence electrons. The predicted octanol–water partition coefficient (Wildman–Crippen LogP) is 7.07. The summed E-state index contributed by atoms with van der Waals surface area (Å²) in [6, 6.07) is 22.2. The first kappa shape index (κ1) is 24.9. The number of hydrogen-bond donors (Lipinski definition) is 0. The van der Waals surface area contributed by atoms with Gasteiger partial charge in [-0.15, -0.1) is 0 Å². The smallest absolute Gasteiger partial charge is 0.196 e. The van der Waals surface area contributed by atoms with Crippen LogP contribution in [0.25, 0.3) is 11.0 Å². The van der Waals surface area contributed by atoms with E-state index in [0.717, 1.165) is 17.0 Å². The summed E-state index contributed by atoms with van der Waals surface area (Å²) in [6.07, 6.45) is 0.434. The average Bonchev–Trinajstić information content (AvgIpc) is 3.17. The molecule has 0 spiro atoms. The predicted molar refractivity (Wildman–Crippen MR) is 148 cm³/mol. The molecule has 0 fully saturated rings. The lowest BCUT2D eigenvalue weighted by atomic mass is 9.91. The normalized spacial score (nSPS) is 15.9. The van der Waals surface area contributed by atoms with E-state index < -0.39 is 5.82 Å². The van der Waals surface area contributed by atoms with E-state index in [1.807, 2.05) is 30.3 Å². The third-order valence-corrected chi connectivity index (χ3v) is 6.99. The van der Waals surface area contributed by atoms with Gasteiger partial charge in [-0.05, 0) is 44.4 Å². The van der Waals surface area contributed by atoms with Gasteiger partial charge in [0, 0.05) is 30.2 Å². The third-order valence-electron chi connectivity index (χ3n) is 6.99. The topological polar surface area (TPSA) is 45.8 Å².